The lowest BCUT2D eigenvalue weighted by atomic mass is 9.86. The van der Waals surface area contributed by atoms with Crippen molar-refractivity contribution in [2.75, 3.05) is 11.9 Å². The van der Waals surface area contributed by atoms with Crippen molar-refractivity contribution >= 4 is 22.4 Å². The molecule has 0 saturated carbocycles. The van der Waals surface area contributed by atoms with Gasteiger partial charge >= 0.3 is 0 Å². The van der Waals surface area contributed by atoms with Crippen LogP contribution in [-0.2, 0) is 16.6 Å². The number of thiazole rings is 1. The predicted molar refractivity (Wildman–Crippen MR) is 121 cm³/mol. The van der Waals surface area contributed by atoms with Gasteiger partial charge in [-0.05, 0) is 54.2 Å². The molecule has 152 valence electrons. The van der Waals surface area contributed by atoms with E-state index in [0.29, 0.717) is 24.6 Å². The summed E-state index contributed by atoms with van der Waals surface area (Å²) in [4.78, 5) is 16.8. The van der Waals surface area contributed by atoms with Gasteiger partial charge in [-0.3, -0.25) is 4.79 Å². The molecule has 0 radical (unpaired) electrons. The van der Waals surface area contributed by atoms with Gasteiger partial charge in [0.1, 0.15) is 5.75 Å². The SMILES string of the molecule is CCOc1ccc(-c2csc(NC(=O)CCc3ccc(C(C)(C)C)cc3)n2)cc1. The van der Waals surface area contributed by atoms with Crippen LogP contribution < -0.4 is 10.1 Å². The molecule has 0 aliphatic rings. The number of hydrogen-bond acceptors (Lipinski definition) is 4. The van der Waals surface area contributed by atoms with Crippen LogP contribution in [0.3, 0.4) is 0 Å². The molecule has 3 rings (SSSR count). The van der Waals surface area contributed by atoms with E-state index in [1.165, 1.54) is 22.5 Å². The second kappa shape index (κ2) is 9.23. The number of nitrogens with zero attached hydrogens (tertiary/aromatic N) is 1. The van der Waals surface area contributed by atoms with Crippen LogP contribution >= 0.6 is 11.3 Å². The van der Waals surface area contributed by atoms with Crippen molar-refractivity contribution in [3.05, 3.63) is 65.0 Å². The van der Waals surface area contributed by atoms with Gasteiger partial charge in [0.2, 0.25) is 5.91 Å². The van der Waals surface area contributed by atoms with E-state index in [0.717, 1.165) is 17.0 Å². The third kappa shape index (κ3) is 5.91. The molecule has 1 heterocycles. The van der Waals surface area contributed by atoms with Crippen molar-refractivity contribution in [2.24, 2.45) is 0 Å². The molecule has 0 spiro atoms. The highest BCUT2D eigenvalue weighted by Gasteiger charge is 2.13. The predicted octanol–water partition coefficient (Wildman–Crippen LogP) is 6.08. The third-order valence-electron chi connectivity index (χ3n) is 4.67. The largest absolute Gasteiger partial charge is 0.494 e. The monoisotopic (exact) mass is 408 g/mol. The molecule has 1 N–H and O–H groups in total. The zero-order valence-electron chi connectivity index (χ0n) is 17.5. The summed E-state index contributed by atoms with van der Waals surface area (Å²) in [7, 11) is 0. The Labute approximate surface area is 177 Å². The maximum absolute atomic E-state index is 12.3. The molecule has 2 aromatic carbocycles. The lowest BCUT2D eigenvalue weighted by Gasteiger charge is -2.19. The number of rotatable bonds is 7. The van der Waals surface area contributed by atoms with Gasteiger partial charge in [-0.25, -0.2) is 4.98 Å². The summed E-state index contributed by atoms with van der Waals surface area (Å²) in [6.45, 7) is 9.21. The van der Waals surface area contributed by atoms with Crippen LogP contribution in [0.15, 0.2) is 53.9 Å². The highest BCUT2D eigenvalue weighted by atomic mass is 32.1. The first-order valence-electron chi connectivity index (χ1n) is 9.93. The minimum Gasteiger partial charge on any atom is -0.494 e. The Kier molecular flexibility index (Phi) is 6.70. The molecule has 0 unspecified atom stereocenters. The molecule has 0 aliphatic heterocycles. The smallest absolute Gasteiger partial charge is 0.226 e. The maximum Gasteiger partial charge on any atom is 0.226 e. The molecule has 0 saturated heterocycles. The topological polar surface area (TPSA) is 51.2 Å². The van der Waals surface area contributed by atoms with E-state index in [1.807, 2.05) is 36.6 Å². The highest BCUT2D eigenvalue weighted by molar-refractivity contribution is 7.14. The van der Waals surface area contributed by atoms with Crippen LogP contribution in [-0.4, -0.2) is 17.5 Å². The summed E-state index contributed by atoms with van der Waals surface area (Å²) >= 11 is 1.44. The molecular weight excluding hydrogens is 380 g/mol. The highest BCUT2D eigenvalue weighted by Crippen LogP contribution is 2.27. The molecule has 0 bridgehead atoms. The van der Waals surface area contributed by atoms with E-state index in [4.69, 9.17) is 4.74 Å². The van der Waals surface area contributed by atoms with E-state index in [1.54, 1.807) is 0 Å². The van der Waals surface area contributed by atoms with Crippen molar-refractivity contribution < 1.29 is 9.53 Å². The third-order valence-corrected chi connectivity index (χ3v) is 5.43. The Morgan fingerprint density at radius 1 is 1.07 bits per heavy atom. The zero-order chi connectivity index (χ0) is 20.9. The van der Waals surface area contributed by atoms with Gasteiger partial charge < -0.3 is 10.1 Å². The van der Waals surface area contributed by atoms with Crippen LogP contribution in [0, 0.1) is 0 Å². The molecule has 1 aromatic heterocycles. The molecule has 29 heavy (non-hydrogen) atoms. The molecule has 0 atom stereocenters. The van der Waals surface area contributed by atoms with Gasteiger partial charge in [-0.15, -0.1) is 11.3 Å². The number of anilines is 1. The minimum absolute atomic E-state index is 0.0162. The number of aryl methyl sites for hydroxylation is 1. The molecule has 3 aromatic rings. The number of aromatic nitrogens is 1. The van der Waals surface area contributed by atoms with Gasteiger partial charge in [0, 0.05) is 17.4 Å². The maximum atomic E-state index is 12.3. The summed E-state index contributed by atoms with van der Waals surface area (Å²) in [5.41, 5.74) is 4.47. The first kappa shape index (κ1) is 21.1. The lowest BCUT2D eigenvalue weighted by molar-refractivity contribution is -0.116. The van der Waals surface area contributed by atoms with Gasteiger partial charge in [0.05, 0.1) is 12.3 Å². The summed E-state index contributed by atoms with van der Waals surface area (Å²) in [6.07, 6.45) is 1.15. The Balaban J connectivity index is 1.53. The summed E-state index contributed by atoms with van der Waals surface area (Å²) < 4.78 is 5.47. The van der Waals surface area contributed by atoms with Crippen molar-refractivity contribution in [3.63, 3.8) is 0 Å². The summed E-state index contributed by atoms with van der Waals surface area (Å²) in [6, 6.07) is 16.3. The van der Waals surface area contributed by atoms with Crippen LogP contribution in [0.1, 0.15) is 45.2 Å². The Morgan fingerprint density at radius 2 is 1.76 bits per heavy atom. The molecule has 0 aliphatic carbocycles. The van der Waals surface area contributed by atoms with Gasteiger partial charge in [-0.2, -0.15) is 0 Å². The molecule has 4 nitrogen and oxygen atoms in total. The van der Waals surface area contributed by atoms with Gasteiger partial charge in [0.25, 0.3) is 0 Å². The number of ether oxygens (including phenoxy) is 1. The van der Waals surface area contributed by atoms with E-state index in [2.05, 4.69) is 55.3 Å². The lowest BCUT2D eigenvalue weighted by Crippen LogP contribution is -2.13. The number of nitrogens with one attached hydrogen (secondary N) is 1. The van der Waals surface area contributed by atoms with Crippen LogP contribution in [0.25, 0.3) is 11.3 Å². The second-order valence-electron chi connectivity index (χ2n) is 7.99. The molecule has 5 heteroatoms. The van der Waals surface area contributed by atoms with E-state index < -0.39 is 0 Å². The van der Waals surface area contributed by atoms with Gasteiger partial charge in [-0.1, -0.05) is 45.0 Å². The quantitative estimate of drug-likeness (QED) is 0.515. The number of carbonyl (C=O) groups excluding carboxylic acids is 1. The Morgan fingerprint density at radius 3 is 2.38 bits per heavy atom. The Bertz CT molecular complexity index is 938. The van der Waals surface area contributed by atoms with E-state index >= 15 is 0 Å². The fourth-order valence-electron chi connectivity index (χ4n) is 2.96. The van der Waals surface area contributed by atoms with Crippen molar-refractivity contribution in [1.82, 2.24) is 4.98 Å². The Hall–Kier alpha value is -2.66. The minimum atomic E-state index is -0.0162. The fraction of sp³-hybridized carbons (Fsp3) is 0.333. The van der Waals surface area contributed by atoms with Crippen LogP contribution in [0.5, 0.6) is 5.75 Å². The van der Waals surface area contributed by atoms with E-state index in [9.17, 15) is 4.79 Å². The van der Waals surface area contributed by atoms with Gasteiger partial charge in [0.15, 0.2) is 5.13 Å². The number of hydrogen-bond donors (Lipinski definition) is 1. The van der Waals surface area contributed by atoms with Crippen molar-refractivity contribution in [3.8, 4) is 17.0 Å². The summed E-state index contributed by atoms with van der Waals surface area (Å²) in [5.74, 6) is 0.827. The fourth-order valence-corrected chi connectivity index (χ4v) is 3.70. The first-order chi connectivity index (χ1) is 13.8. The number of amides is 1. The second-order valence-corrected chi connectivity index (χ2v) is 8.85. The normalized spacial score (nSPS) is 11.3. The summed E-state index contributed by atoms with van der Waals surface area (Å²) in [5, 5.41) is 5.50. The first-order valence-corrected chi connectivity index (χ1v) is 10.8. The molecule has 1 amide bonds. The van der Waals surface area contributed by atoms with Crippen molar-refractivity contribution in [1.29, 1.82) is 0 Å². The number of benzene rings is 2. The van der Waals surface area contributed by atoms with Crippen molar-refractivity contribution in [2.45, 2.75) is 46.0 Å². The zero-order valence-corrected chi connectivity index (χ0v) is 18.3. The standard InChI is InChI=1S/C24H28N2O2S/c1-5-28-20-13-9-18(10-14-20)21-16-29-23(25-21)26-22(27)15-8-17-6-11-19(12-7-17)24(2,3)4/h6-7,9-14,16H,5,8,15H2,1-4H3,(H,25,26,27). The molecular formula is C24H28N2O2S. The number of carbonyl (C=O) groups is 1. The van der Waals surface area contributed by atoms with Crippen LogP contribution in [0.4, 0.5) is 5.13 Å². The average molecular weight is 409 g/mol. The average Bonchev–Trinajstić information content (AvgIpc) is 3.15. The van der Waals surface area contributed by atoms with Crippen LogP contribution in [0.2, 0.25) is 0 Å². The molecule has 0 fully saturated rings. The van der Waals surface area contributed by atoms with E-state index in [-0.39, 0.29) is 11.3 Å².